The first kappa shape index (κ1) is 26.1. The molecule has 2 aliphatic rings. The van der Waals surface area contributed by atoms with Crippen molar-refractivity contribution in [2.75, 3.05) is 44.0 Å². The van der Waals surface area contributed by atoms with Crippen molar-refractivity contribution in [3.8, 4) is 5.75 Å². The molecule has 3 aromatic rings. The summed E-state index contributed by atoms with van der Waals surface area (Å²) in [5.41, 5.74) is 2.49. The lowest BCUT2D eigenvalue weighted by Gasteiger charge is -2.30. The van der Waals surface area contributed by atoms with E-state index in [2.05, 4.69) is 51.6 Å². The van der Waals surface area contributed by atoms with Gasteiger partial charge in [0.2, 0.25) is 5.91 Å². The van der Waals surface area contributed by atoms with Crippen LogP contribution >= 0.6 is 0 Å². The molecule has 200 valence electrons. The monoisotopic (exact) mass is 515 g/mol. The molecule has 2 aromatic carbocycles. The number of hydrogen-bond acceptors (Lipinski definition) is 7. The molecule has 2 heterocycles. The minimum absolute atomic E-state index is 0.0178. The summed E-state index contributed by atoms with van der Waals surface area (Å²) in [4.78, 5) is 24.3. The van der Waals surface area contributed by atoms with Gasteiger partial charge in [-0.05, 0) is 51.1 Å². The number of carbonyl (C=O) groups is 1. The number of rotatable bonds is 11. The Morgan fingerprint density at radius 2 is 1.95 bits per heavy atom. The molecule has 1 aliphatic heterocycles. The number of fused-ring (bicyclic) bond motifs is 1. The fourth-order valence-electron chi connectivity index (χ4n) is 4.76. The zero-order chi connectivity index (χ0) is 26.3. The molecule has 1 aliphatic carbocycles. The molecule has 8 nitrogen and oxygen atoms in total. The van der Waals surface area contributed by atoms with Gasteiger partial charge in [-0.2, -0.15) is 0 Å². The summed E-state index contributed by atoms with van der Waals surface area (Å²) < 4.78 is 11.5. The highest BCUT2D eigenvalue weighted by Crippen LogP contribution is 2.35. The molecule has 0 spiro atoms. The van der Waals surface area contributed by atoms with E-state index in [0.29, 0.717) is 42.4 Å². The molecule has 2 N–H and O–H groups in total. The minimum atomic E-state index is -0.197. The Balaban J connectivity index is 1.36. The van der Waals surface area contributed by atoms with Crippen molar-refractivity contribution in [3.63, 3.8) is 0 Å². The summed E-state index contributed by atoms with van der Waals surface area (Å²) in [5, 5.41) is 7.34. The topological polar surface area (TPSA) is 88.6 Å². The van der Waals surface area contributed by atoms with Crippen molar-refractivity contribution in [2.24, 2.45) is 5.92 Å². The van der Waals surface area contributed by atoms with Crippen molar-refractivity contribution in [2.45, 2.75) is 44.7 Å². The number of amides is 1. The van der Waals surface area contributed by atoms with E-state index in [1.54, 1.807) is 12.4 Å². The molecular formula is C30H37N5O3. The zero-order valence-corrected chi connectivity index (χ0v) is 22.2. The van der Waals surface area contributed by atoms with E-state index in [4.69, 9.17) is 9.47 Å². The van der Waals surface area contributed by atoms with Gasteiger partial charge in [0.1, 0.15) is 17.9 Å². The maximum absolute atomic E-state index is 13.0. The predicted octanol–water partition coefficient (Wildman–Crippen LogP) is 5.20. The van der Waals surface area contributed by atoms with Gasteiger partial charge in [-0.15, -0.1) is 0 Å². The van der Waals surface area contributed by atoms with Gasteiger partial charge in [0.15, 0.2) is 0 Å². The zero-order valence-electron chi connectivity index (χ0n) is 22.2. The summed E-state index contributed by atoms with van der Waals surface area (Å²) in [7, 11) is 2.09. The molecule has 0 unspecified atom stereocenters. The largest absolute Gasteiger partial charge is 0.493 e. The maximum Gasteiger partial charge on any atom is 0.248 e. The molecule has 0 radical (unpaired) electrons. The highest BCUT2D eigenvalue weighted by atomic mass is 16.5. The van der Waals surface area contributed by atoms with E-state index >= 15 is 0 Å². The standard InChI is InChI=1S/C30H37N5O3/c1-21(23-7-4-3-5-8-23)33-30-29-26(31-20-32-30)17-25(38-19-22-10-11-22)18-27(29)34-28(36)9-6-14-35(2)24-12-15-37-16-13-24/h3-9,17-18,20-22,24H,10-16,19H2,1-2H3,(H,34,36)(H,31,32,33)/t21-/m1/s1. The number of benzene rings is 2. The number of nitrogens with one attached hydrogen (secondary N) is 2. The van der Waals surface area contributed by atoms with E-state index in [9.17, 15) is 4.79 Å². The SMILES string of the molecule is C[C@@H](Nc1ncnc2cc(OCC3CC3)cc(NC(=O)C=CCN(C)C3CCOCC3)c12)c1ccccc1. The van der Waals surface area contributed by atoms with Gasteiger partial charge in [-0.1, -0.05) is 36.4 Å². The number of hydrogen-bond donors (Lipinski definition) is 2. The van der Waals surface area contributed by atoms with E-state index in [0.717, 1.165) is 42.5 Å². The molecule has 5 rings (SSSR count). The fourth-order valence-corrected chi connectivity index (χ4v) is 4.76. The van der Waals surface area contributed by atoms with E-state index < -0.39 is 0 Å². The first-order valence-corrected chi connectivity index (χ1v) is 13.6. The molecule has 8 heteroatoms. The van der Waals surface area contributed by atoms with Crippen molar-refractivity contribution in [1.29, 1.82) is 0 Å². The second-order valence-corrected chi connectivity index (χ2v) is 10.3. The van der Waals surface area contributed by atoms with Gasteiger partial charge in [0, 0.05) is 50.1 Å². The lowest BCUT2D eigenvalue weighted by Crippen LogP contribution is -2.36. The number of ether oxygens (including phenoxy) is 2. The number of anilines is 2. The molecule has 2 fully saturated rings. The van der Waals surface area contributed by atoms with Crippen LogP contribution in [0.25, 0.3) is 10.9 Å². The Hall–Kier alpha value is -3.49. The number of likely N-dealkylation sites (N-methyl/N-ethyl adjacent to an activating group) is 1. The van der Waals surface area contributed by atoms with Gasteiger partial charge < -0.3 is 20.1 Å². The Bertz CT molecular complexity index is 1260. The van der Waals surface area contributed by atoms with Crippen LogP contribution in [0.2, 0.25) is 0 Å². The van der Waals surface area contributed by atoms with Crippen molar-refractivity contribution >= 4 is 28.3 Å². The number of aromatic nitrogens is 2. The summed E-state index contributed by atoms with van der Waals surface area (Å²) in [6.07, 6.45) is 9.51. The first-order chi connectivity index (χ1) is 18.6. The third-order valence-corrected chi connectivity index (χ3v) is 7.28. The molecule has 1 saturated carbocycles. The minimum Gasteiger partial charge on any atom is -0.493 e. The highest BCUT2D eigenvalue weighted by molar-refractivity contribution is 6.09. The van der Waals surface area contributed by atoms with Crippen LogP contribution in [0.3, 0.4) is 0 Å². The third-order valence-electron chi connectivity index (χ3n) is 7.28. The average Bonchev–Trinajstić information content (AvgIpc) is 3.77. The summed E-state index contributed by atoms with van der Waals surface area (Å²) >= 11 is 0. The second kappa shape index (κ2) is 12.4. The van der Waals surface area contributed by atoms with Gasteiger partial charge in [0.25, 0.3) is 0 Å². The van der Waals surface area contributed by atoms with Crippen molar-refractivity contribution in [3.05, 3.63) is 66.5 Å². The Kier molecular flexibility index (Phi) is 8.51. The Morgan fingerprint density at radius 3 is 2.71 bits per heavy atom. The lowest BCUT2D eigenvalue weighted by molar-refractivity contribution is -0.111. The smallest absolute Gasteiger partial charge is 0.248 e. The molecule has 1 saturated heterocycles. The quantitative estimate of drug-likeness (QED) is 0.340. The molecule has 0 bridgehead atoms. The first-order valence-electron chi connectivity index (χ1n) is 13.6. The molecule has 38 heavy (non-hydrogen) atoms. The third kappa shape index (κ3) is 6.88. The van der Waals surface area contributed by atoms with Crippen molar-refractivity contribution < 1.29 is 14.3 Å². The van der Waals surface area contributed by atoms with Crippen LogP contribution < -0.4 is 15.4 Å². The molecular weight excluding hydrogens is 478 g/mol. The van der Waals surface area contributed by atoms with Crippen LogP contribution in [0.1, 0.15) is 44.2 Å². The van der Waals surface area contributed by atoms with E-state index in [-0.39, 0.29) is 11.9 Å². The van der Waals surface area contributed by atoms with E-state index in [1.165, 1.54) is 12.8 Å². The van der Waals surface area contributed by atoms with Gasteiger partial charge in [-0.3, -0.25) is 9.69 Å². The lowest BCUT2D eigenvalue weighted by atomic mass is 10.1. The second-order valence-electron chi connectivity index (χ2n) is 10.3. The predicted molar refractivity (Wildman–Crippen MR) is 150 cm³/mol. The van der Waals surface area contributed by atoms with E-state index in [1.807, 2.05) is 36.4 Å². The summed E-state index contributed by atoms with van der Waals surface area (Å²) in [5.74, 6) is 1.79. The maximum atomic E-state index is 13.0. The van der Waals surface area contributed by atoms with Crippen LogP contribution in [-0.4, -0.2) is 60.2 Å². The number of nitrogens with zero attached hydrogens (tertiary/aromatic N) is 3. The van der Waals surface area contributed by atoms with Gasteiger partial charge >= 0.3 is 0 Å². The molecule has 1 aromatic heterocycles. The van der Waals surface area contributed by atoms with Gasteiger partial charge in [-0.25, -0.2) is 9.97 Å². The van der Waals surface area contributed by atoms with Crippen molar-refractivity contribution in [1.82, 2.24) is 14.9 Å². The summed E-state index contributed by atoms with van der Waals surface area (Å²) in [6.45, 7) is 5.07. The molecule has 1 amide bonds. The Labute approximate surface area is 224 Å². The molecule has 1 atom stereocenters. The Morgan fingerprint density at radius 1 is 1.16 bits per heavy atom. The van der Waals surface area contributed by atoms with Crippen LogP contribution in [0, 0.1) is 5.92 Å². The highest BCUT2D eigenvalue weighted by Gasteiger charge is 2.23. The van der Waals surface area contributed by atoms with Crippen LogP contribution in [0.5, 0.6) is 5.75 Å². The van der Waals surface area contributed by atoms with Crippen LogP contribution in [0.4, 0.5) is 11.5 Å². The van der Waals surface area contributed by atoms with Crippen LogP contribution in [-0.2, 0) is 9.53 Å². The normalized spacial score (nSPS) is 17.1. The van der Waals surface area contributed by atoms with Gasteiger partial charge in [0.05, 0.1) is 23.2 Å². The average molecular weight is 516 g/mol. The fraction of sp³-hybridized carbons (Fsp3) is 0.433. The number of carbonyl (C=O) groups excluding carboxylic acids is 1. The summed E-state index contributed by atoms with van der Waals surface area (Å²) in [6, 6.07) is 14.5. The van der Waals surface area contributed by atoms with Crippen LogP contribution in [0.15, 0.2) is 60.9 Å².